The molecule has 2 unspecified atom stereocenters. The van der Waals surface area contributed by atoms with Crippen LogP contribution >= 0.6 is 0 Å². The molecule has 1 heterocycles. The van der Waals surface area contributed by atoms with Crippen LogP contribution < -0.4 is 24.5 Å². The predicted molar refractivity (Wildman–Crippen MR) is 110 cm³/mol. The van der Waals surface area contributed by atoms with Crippen LogP contribution in [0.5, 0.6) is 11.5 Å². The zero-order valence-corrected chi connectivity index (χ0v) is 18.1. The molecular formula is C21H24AsN3O3. The number of carbonyl (C=O) groups is 1. The van der Waals surface area contributed by atoms with Crippen LogP contribution in [0.3, 0.4) is 0 Å². The molecule has 1 amide bonds. The van der Waals surface area contributed by atoms with Gasteiger partial charge >= 0.3 is 172 Å². The number of nitrogens with one attached hydrogen (secondary N) is 2. The average molecular weight is 441 g/mol. The number of nitrogens with zero attached hydrogens (tertiary/aromatic N) is 1. The maximum atomic E-state index is 12.9. The van der Waals surface area contributed by atoms with E-state index >= 15 is 0 Å². The van der Waals surface area contributed by atoms with Gasteiger partial charge in [-0.2, -0.15) is 0 Å². The van der Waals surface area contributed by atoms with Crippen LogP contribution in [0, 0.1) is 11.3 Å². The van der Waals surface area contributed by atoms with E-state index in [0.29, 0.717) is 33.9 Å². The summed E-state index contributed by atoms with van der Waals surface area (Å²) in [5, 5.41) is 15.6. The Balaban J connectivity index is 1.75. The molecule has 2 aromatic rings. The van der Waals surface area contributed by atoms with Crippen molar-refractivity contribution in [1.82, 2.24) is 10.6 Å². The minimum absolute atomic E-state index is 0.142. The number of rotatable bonds is 7. The van der Waals surface area contributed by atoms with E-state index in [-0.39, 0.29) is 5.91 Å². The molecule has 1 aliphatic rings. The van der Waals surface area contributed by atoms with Gasteiger partial charge in [0.05, 0.1) is 0 Å². The molecule has 0 aliphatic carbocycles. The van der Waals surface area contributed by atoms with E-state index in [2.05, 4.69) is 16.7 Å². The average Bonchev–Trinajstić information content (AvgIpc) is 3.25. The van der Waals surface area contributed by atoms with E-state index in [1.165, 1.54) is 0 Å². The Morgan fingerprint density at radius 1 is 1.25 bits per heavy atom. The van der Waals surface area contributed by atoms with Crippen LogP contribution in [-0.2, 0) is 6.54 Å². The predicted octanol–water partition coefficient (Wildman–Crippen LogP) is 1.35. The molecule has 0 bridgehead atoms. The molecule has 0 radical (unpaired) electrons. The molecule has 2 aromatic carbocycles. The van der Waals surface area contributed by atoms with E-state index in [1.54, 1.807) is 20.3 Å². The van der Waals surface area contributed by atoms with Gasteiger partial charge in [0, 0.05) is 0 Å². The first-order valence-corrected chi connectivity index (χ1v) is 11.4. The molecule has 1 saturated heterocycles. The van der Waals surface area contributed by atoms with Crippen molar-refractivity contribution in [2.45, 2.75) is 17.7 Å². The topological polar surface area (TPSA) is 83.4 Å². The fourth-order valence-corrected chi connectivity index (χ4v) is 6.33. The van der Waals surface area contributed by atoms with Crippen molar-refractivity contribution in [3.05, 3.63) is 53.1 Å². The Kier molecular flexibility index (Phi) is 6.97. The van der Waals surface area contributed by atoms with Gasteiger partial charge in [-0.05, 0) is 0 Å². The van der Waals surface area contributed by atoms with Gasteiger partial charge in [0.25, 0.3) is 0 Å². The summed E-state index contributed by atoms with van der Waals surface area (Å²) >= 11 is -0.455. The zero-order chi connectivity index (χ0) is 19.9. The third kappa shape index (κ3) is 4.86. The zero-order valence-electron chi connectivity index (χ0n) is 16.0. The molecule has 146 valence electrons. The van der Waals surface area contributed by atoms with Crippen molar-refractivity contribution >= 4 is 26.0 Å². The second kappa shape index (κ2) is 9.63. The third-order valence-electron chi connectivity index (χ3n) is 4.71. The number of hydrogen-bond donors (Lipinski definition) is 2. The molecule has 3 rings (SSSR count). The van der Waals surface area contributed by atoms with Crippen LogP contribution in [0.4, 0.5) is 0 Å². The number of benzene rings is 2. The summed E-state index contributed by atoms with van der Waals surface area (Å²) < 4.78 is 12.3. The van der Waals surface area contributed by atoms with Crippen molar-refractivity contribution in [2.24, 2.45) is 0 Å². The summed E-state index contributed by atoms with van der Waals surface area (Å²) in [4.78, 5) is 12.9. The molecule has 0 aromatic heterocycles. The number of amides is 1. The number of carbonyl (C=O) groups excluding carboxylic acids is 1. The molecule has 0 saturated carbocycles. The SMILES string of the molecule is COc1ccc(CNC(=O)c2cc(C#N)ccc2[AsH]C2CCNC2)cc1OC. The van der Waals surface area contributed by atoms with Crippen molar-refractivity contribution in [3.63, 3.8) is 0 Å². The minimum atomic E-state index is -0.455. The van der Waals surface area contributed by atoms with Gasteiger partial charge in [0.1, 0.15) is 0 Å². The molecule has 1 fully saturated rings. The molecule has 1 aliphatic heterocycles. The van der Waals surface area contributed by atoms with Gasteiger partial charge in [-0.15, -0.1) is 0 Å². The number of ether oxygens (including phenoxy) is 2. The molecular weight excluding hydrogens is 417 g/mol. The quantitative estimate of drug-likeness (QED) is 0.634. The Labute approximate surface area is 171 Å². The first-order chi connectivity index (χ1) is 13.6. The summed E-state index contributed by atoms with van der Waals surface area (Å²) in [6, 6.07) is 13.2. The molecule has 0 spiro atoms. The Morgan fingerprint density at radius 3 is 2.75 bits per heavy atom. The van der Waals surface area contributed by atoms with Crippen LogP contribution in [0.25, 0.3) is 0 Å². The third-order valence-corrected chi connectivity index (χ3v) is 8.17. The van der Waals surface area contributed by atoms with Crippen LogP contribution in [0.15, 0.2) is 36.4 Å². The molecule has 6 nitrogen and oxygen atoms in total. The summed E-state index contributed by atoms with van der Waals surface area (Å²) in [7, 11) is 3.17. The van der Waals surface area contributed by atoms with Crippen LogP contribution in [0.2, 0.25) is 4.71 Å². The first kappa shape index (κ1) is 20.3. The van der Waals surface area contributed by atoms with Gasteiger partial charge in [0.15, 0.2) is 0 Å². The second-order valence-electron chi connectivity index (χ2n) is 6.58. The van der Waals surface area contributed by atoms with Crippen molar-refractivity contribution in [2.75, 3.05) is 27.3 Å². The van der Waals surface area contributed by atoms with E-state index < -0.39 is 15.8 Å². The summed E-state index contributed by atoms with van der Waals surface area (Å²) in [5.74, 6) is 1.13. The van der Waals surface area contributed by atoms with Gasteiger partial charge in [-0.3, -0.25) is 0 Å². The summed E-state index contributed by atoms with van der Waals surface area (Å²) in [6.07, 6.45) is 1.16. The van der Waals surface area contributed by atoms with Crippen molar-refractivity contribution in [1.29, 1.82) is 5.26 Å². The van der Waals surface area contributed by atoms with Gasteiger partial charge in [-0.1, -0.05) is 0 Å². The number of hydrogen-bond acceptors (Lipinski definition) is 5. The van der Waals surface area contributed by atoms with E-state index in [4.69, 9.17) is 9.47 Å². The van der Waals surface area contributed by atoms with E-state index in [9.17, 15) is 10.1 Å². The van der Waals surface area contributed by atoms with Gasteiger partial charge in [0.2, 0.25) is 0 Å². The molecule has 2 N–H and O–H groups in total. The van der Waals surface area contributed by atoms with Crippen LogP contribution in [-0.4, -0.2) is 49.0 Å². The molecule has 7 heteroatoms. The normalized spacial score (nSPS) is 16.1. The van der Waals surface area contributed by atoms with E-state index in [0.717, 1.165) is 29.4 Å². The first-order valence-electron chi connectivity index (χ1n) is 9.15. The Hall–Kier alpha value is -2.48. The number of methoxy groups -OCH3 is 2. The summed E-state index contributed by atoms with van der Waals surface area (Å²) in [6.45, 7) is 2.44. The van der Waals surface area contributed by atoms with E-state index in [1.807, 2.05) is 30.3 Å². The molecule has 2 atom stereocenters. The molecule has 28 heavy (non-hydrogen) atoms. The van der Waals surface area contributed by atoms with Gasteiger partial charge < -0.3 is 0 Å². The fraction of sp³-hybridized carbons (Fsp3) is 0.333. The maximum absolute atomic E-state index is 12.9. The number of nitriles is 1. The second-order valence-corrected chi connectivity index (χ2v) is 10.0. The van der Waals surface area contributed by atoms with Crippen LogP contribution in [0.1, 0.15) is 27.9 Å². The standard InChI is InChI=1S/C21H24AsN3O3/c1-27-19-6-4-15(10-20(19)28-2)12-25-21(26)17-9-14(11-23)3-5-18(17)22-16-7-8-24-13-16/h3-6,9-10,16,22,24H,7-8,12-13H2,1-2H3,(H,25,26). The summed E-state index contributed by atoms with van der Waals surface area (Å²) in [5.41, 5.74) is 2.06. The van der Waals surface area contributed by atoms with Gasteiger partial charge in [-0.25, -0.2) is 0 Å². The fourth-order valence-electron chi connectivity index (χ4n) is 3.19. The monoisotopic (exact) mass is 441 g/mol. The van der Waals surface area contributed by atoms with Crippen molar-refractivity contribution in [3.8, 4) is 17.6 Å². The Morgan fingerprint density at radius 2 is 2.07 bits per heavy atom. The Bertz CT molecular complexity index is 889. The van der Waals surface area contributed by atoms with Crippen molar-refractivity contribution < 1.29 is 14.3 Å².